The predicted molar refractivity (Wildman–Crippen MR) is 69.5 cm³/mol. The maximum atomic E-state index is 12.5. The van der Waals surface area contributed by atoms with Crippen molar-refractivity contribution in [1.82, 2.24) is 4.90 Å². The highest BCUT2D eigenvalue weighted by atomic mass is 16.2. The van der Waals surface area contributed by atoms with Gasteiger partial charge in [0.1, 0.15) is 0 Å². The van der Waals surface area contributed by atoms with Gasteiger partial charge in [-0.1, -0.05) is 6.42 Å². The van der Waals surface area contributed by atoms with Crippen LogP contribution in [0.3, 0.4) is 0 Å². The van der Waals surface area contributed by atoms with E-state index in [0.29, 0.717) is 11.9 Å². The highest BCUT2D eigenvalue weighted by molar-refractivity contribution is 5.79. The lowest BCUT2D eigenvalue weighted by Gasteiger charge is -2.34. The van der Waals surface area contributed by atoms with Crippen molar-refractivity contribution in [1.29, 1.82) is 0 Å². The minimum Gasteiger partial charge on any atom is -0.340 e. The van der Waals surface area contributed by atoms with Crippen molar-refractivity contribution in [2.24, 2.45) is 17.6 Å². The number of nitrogens with zero attached hydrogens (tertiary/aromatic N) is 1. The average molecular weight is 238 g/mol. The van der Waals surface area contributed by atoms with E-state index in [2.05, 4.69) is 18.7 Å². The molecule has 0 aromatic heterocycles. The van der Waals surface area contributed by atoms with Gasteiger partial charge in [-0.2, -0.15) is 0 Å². The number of hydrogen-bond donors (Lipinski definition) is 1. The first-order chi connectivity index (χ1) is 8.08. The molecular weight excluding hydrogens is 212 g/mol. The van der Waals surface area contributed by atoms with Crippen LogP contribution in [0.1, 0.15) is 52.4 Å². The van der Waals surface area contributed by atoms with E-state index in [-0.39, 0.29) is 12.0 Å². The molecule has 2 saturated carbocycles. The van der Waals surface area contributed by atoms with Crippen LogP contribution < -0.4 is 5.73 Å². The summed E-state index contributed by atoms with van der Waals surface area (Å²) in [6.45, 7) is 5.23. The molecule has 0 saturated heterocycles. The van der Waals surface area contributed by atoms with E-state index in [1.165, 1.54) is 12.8 Å². The Morgan fingerprint density at radius 2 is 2.00 bits per heavy atom. The Labute approximate surface area is 105 Å². The summed E-state index contributed by atoms with van der Waals surface area (Å²) in [6, 6.07) is 0.578. The highest BCUT2D eigenvalue weighted by Crippen LogP contribution is 2.32. The zero-order valence-electron chi connectivity index (χ0n) is 11.2. The molecule has 1 amide bonds. The summed E-state index contributed by atoms with van der Waals surface area (Å²) in [5.74, 6) is 1.33. The van der Waals surface area contributed by atoms with Gasteiger partial charge >= 0.3 is 0 Å². The fourth-order valence-corrected chi connectivity index (χ4v) is 2.82. The molecule has 0 heterocycles. The number of carbonyl (C=O) groups excluding carboxylic acids is 1. The topological polar surface area (TPSA) is 46.3 Å². The van der Waals surface area contributed by atoms with Crippen LogP contribution in [0.25, 0.3) is 0 Å². The minimum absolute atomic E-state index is 0.194. The van der Waals surface area contributed by atoms with Gasteiger partial charge in [-0.15, -0.1) is 0 Å². The SMILES string of the molecule is CC(C)N(CC1CC1)C(=O)C1CCCC(N)C1. The molecule has 2 N–H and O–H groups in total. The third-order valence-electron chi connectivity index (χ3n) is 4.12. The van der Waals surface area contributed by atoms with E-state index >= 15 is 0 Å². The number of hydrogen-bond acceptors (Lipinski definition) is 2. The highest BCUT2D eigenvalue weighted by Gasteiger charge is 2.33. The van der Waals surface area contributed by atoms with Crippen LogP contribution in [-0.4, -0.2) is 29.4 Å². The third kappa shape index (κ3) is 3.44. The van der Waals surface area contributed by atoms with Crippen molar-refractivity contribution in [3.05, 3.63) is 0 Å². The fraction of sp³-hybridized carbons (Fsp3) is 0.929. The first kappa shape index (κ1) is 12.9. The molecule has 0 aliphatic heterocycles. The number of carbonyl (C=O) groups is 1. The Balaban J connectivity index is 1.94. The van der Waals surface area contributed by atoms with E-state index in [9.17, 15) is 4.79 Å². The Kier molecular flexibility index (Phi) is 4.08. The smallest absolute Gasteiger partial charge is 0.225 e. The van der Waals surface area contributed by atoms with Gasteiger partial charge < -0.3 is 10.6 Å². The average Bonchev–Trinajstić information content (AvgIpc) is 3.08. The van der Waals surface area contributed by atoms with Gasteiger partial charge in [-0.05, 0) is 51.9 Å². The molecule has 0 radical (unpaired) electrons. The minimum atomic E-state index is 0.194. The lowest BCUT2D eigenvalue weighted by molar-refractivity contribution is -0.138. The molecule has 2 aliphatic carbocycles. The quantitative estimate of drug-likeness (QED) is 0.815. The van der Waals surface area contributed by atoms with E-state index in [1.807, 2.05) is 0 Å². The zero-order chi connectivity index (χ0) is 12.4. The van der Waals surface area contributed by atoms with Crippen LogP contribution in [0.2, 0.25) is 0 Å². The van der Waals surface area contributed by atoms with E-state index in [4.69, 9.17) is 5.73 Å². The molecular formula is C14H26N2O. The zero-order valence-corrected chi connectivity index (χ0v) is 11.2. The molecule has 2 fully saturated rings. The Morgan fingerprint density at radius 1 is 1.29 bits per heavy atom. The molecule has 2 rings (SSSR count). The third-order valence-corrected chi connectivity index (χ3v) is 4.12. The molecule has 2 aliphatic rings. The maximum absolute atomic E-state index is 12.5. The second kappa shape index (κ2) is 5.38. The van der Waals surface area contributed by atoms with Gasteiger partial charge in [0, 0.05) is 24.5 Å². The van der Waals surface area contributed by atoms with Crippen LogP contribution in [0, 0.1) is 11.8 Å². The van der Waals surface area contributed by atoms with E-state index in [1.54, 1.807) is 0 Å². The molecule has 98 valence electrons. The number of nitrogens with two attached hydrogens (primary N) is 1. The summed E-state index contributed by atoms with van der Waals surface area (Å²) >= 11 is 0. The normalized spacial score (nSPS) is 29.4. The summed E-state index contributed by atoms with van der Waals surface area (Å²) < 4.78 is 0. The Hall–Kier alpha value is -0.570. The van der Waals surface area contributed by atoms with Gasteiger partial charge in [0.25, 0.3) is 0 Å². The molecule has 0 bridgehead atoms. The monoisotopic (exact) mass is 238 g/mol. The van der Waals surface area contributed by atoms with Crippen molar-refractivity contribution in [3.63, 3.8) is 0 Å². The molecule has 2 unspecified atom stereocenters. The Morgan fingerprint density at radius 3 is 2.53 bits per heavy atom. The van der Waals surface area contributed by atoms with Crippen molar-refractivity contribution < 1.29 is 4.79 Å². The van der Waals surface area contributed by atoms with Crippen molar-refractivity contribution in [2.75, 3.05) is 6.54 Å². The van der Waals surface area contributed by atoms with Crippen LogP contribution in [0.15, 0.2) is 0 Å². The lowest BCUT2D eigenvalue weighted by atomic mass is 9.85. The van der Waals surface area contributed by atoms with Crippen molar-refractivity contribution >= 4 is 5.91 Å². The molecule has 0 aromatic carbocycles. The summed E-state index contributed by atoms with van der Waals surface area (Å²) in [4.78, 5) is 14.6. The molecule has 3 nitrogen and oxygen atoms in total. The predicted octanol–water partition coefficient (Wildman–Crippen LogP) is 2.15. The van der Waals surface area contributed by atoms with Gasteiger partial charge in [0.05, 0.1) is 0 Å². The van der Waals surface area contributed by atoms with Crippen molar-refractivity contribution in [2.45, 2.75) is 64.5 Å². The van der Waals surface area contributed by atoms with E-state index in [0.717, 1.165) is 38.1 Å². The second-order valence-electron chi connectivity index (χ2n) is 6.15. The summed E-state index contributed by atoms with van der Waals surface area (Å²) in [7, 11) is 0. The van der Waals surface area contributed by atoms with Crippen molar-refractivity contribution in [3.8, 4) is 0 Å². The van der Waals surface area contributed by atoms with Gasteiger partial charge in [0.2, 0.25) is 5.91 Å². The summed E-state index contributed by atoms with van der Waals surface area (Å²) in [5.41, 5.74) is 5.98. The van der Waals surface area contributed by atoms with Gasteiger partial charge in [-0.3, -0.25) is 4.79 Å². The fourth-order valence-electron chi connectivity index (χ4n) is 2.82. The van der Waals surface area contributed by atoms with E-state index < -0.39 is 0 Å². The first-order valence-electron chi connectivity index (χ1n) is 7.14. The second-order valence-corrected chi connectivity index (χ2v) is 6.15. The van der Waals surface area contributed by atoms with Crippen LogP contribution in [-0.2, 0) is 4.79 Å². The lowest BCUT2D eigenvalue weighted by Crippen LogP contribution is -2.44. The number of rotatable bonds is 4. The molecule has 2 atom stereocenters. The Bertz CT molecular complexity index is 273. The molecule has 0 spiro atoms. The van der Waals surface area contributed by atoms with Crippen LogP contribution in [0.5, 0.6) is 0 Å². The first-order valence-corrected chi connectivity index (χ1v) is 7.14. The van der Waals surface area contributed by atoms with Gasteiger partial charge in [0.15, 0.2) is 0 Å². The van der Waals surface area contributed by atoms with Crippen LogP contribution >= 0.6 is 0 Å². The molecule has 3 heteroatoms. The van der Waals surface area contributed by atoms with Gasteiger partial charge in [-0.25, -0.2) is 0 Å². The molecule has 17 heavy (non-hydrogen) atoms. The largest absolute Gasteiger partial charge is 0.340 e. The summed E-state index contributed by atoms with van der Waals surface area (Å²) in [6.07, 6.45) is 6.76. The maximum Gasteiger partial charge on any atom is 0.225 e. The number of amides is 1. The summed E-state index contributed by atoms with van der Waals surface area (Å²) in [5, 5.41) is 0. The molecule has 0 aromatic rings. The van der Waals surface area contributed by atoms with Crippen LogP contribution in [0.4, 0.5) is 0 Å². The standard InChI is InChI=1S/C14H26N2O/c1-10(2)16(9-11-6-7-11)14(17)12-4-3-5-13(15)8-12/h10-13H,3-9,15H2,1-2H3.